The molecule has 4 nitrogen and oxygen atoms in total. The number of para-hydroxylation sites is 1. The van der Waals surface area contributed by atoms with E-state index in [1.54, 1.807) is 30.3 Å². The first-order valence-corrected chi connectivity index (χ1v) is 9.45. The lowest BCUT2D eigenvalue weighted by Crippen LogP contribution is -2.13. The summed E-state index contributed by atoms with van der Waals surface area (Å²) in [5.41, 5.74) is 3.15. The fourth-order valence-corrected chi connectivity index (χ4v) is 2.96. The first-order chi connectivity index (χ1) is 13.6. The molecule has 0 saturated carbocycles. The van der Waals surface area contributed by atoms with E-state index in [0.29, 0.717) is 28.7 Å². The summed E-state index contributed by atoms with van der Waals surface area (Å²) in [6.45, 7) is 4.66. The van der Waals surface area contributed by atoms with E-state index < -0.39 is 0 Å². The third-order valence-electron chi connectivity index (χ3n) is 4.12. The normalized spacial score (nSPS) is 10.4. The van der Waals surface area contributed by atoms with Gasteiger partial charge in [0.25, 0.3) is 5.91 Å². The van der Waals surface area contributed by atoms with E-state index in [0.717, 1.165) is 16.8 Å². The molecule has 3 rings (SSSR count). The van der Waals surface area contributed by atoms with Gasteiger partial charge in [-0.1, -0.05) is 35.9 Å². The molecule has 28 heavy (non-hydrogen) atoms. The Morgan fingerprint density at radius 1 is 0.964 bits per heavy atom. The van der Waals surface area contributed by atoms with Gasteiger partial charge in [-0.05, 0) is 61.9 Å². The molecule has 144 valence electrons. The summed E-state index contributed by atoms with van der Waals surface area (Å²) in [6, 6.07) is 20.3. The van der Waals surface area contributed by atoms with Crippen LogP contribution in [0.3, 0.4) is 0 Å². The van der Waals surface area contributed by atoms with E-state index in [1.165, 1.54) is 0 Å². The molecule has 0 spiro atoms. The quantitative estimate of drug-likeness (QED) is 0.543. The number of carbonyl (C=O) groups is 1. The van der Waals surface area contributed by atoms with Crippen LogP contribution in [0, 0.1) is 6.92 Å². The summed E-state index contributed by atoms with van der Waals surface area (Å²) in [5, 5.41) is 3.45. The minimum absolute atomic E-state index is 0.187. The Labute approximate surface area is 170 Å². The molecule has 0 unspecified atom stereocenters. The topological polar surface area (TPSA) is 47.6 Å². The molecule has 0 radical (unpaired) electrons. The molecule has 5 heteroatoms. The van der Waals surface area contributed by atoms with Crippen LogP contribution in [0.5, 0.6) is 11.5 Å². The summed E-state index contributed by atoms with van der Waals surface area (Å²) in [7, 11) is 0. The van der Waals surface area contributed by atoms with Crippen molar-refractivity contribution in [1.82, 2.24) is 0 Å². The van der Waals surface area contributed by atoms with Crippen molar-refractivity contribution in [2.24, 2.45) is 0 Å². The molecule has 1 amide bonds. The molecular formula is C23H22ClNO3. The van der Waals surface area contributed by atoms with Gasteiger partial charge < -0.3 is 14.8 Å². The van der Waals surface area contributed by atoms with Gasteiger partial charge in [0.05, 0.1) is 11.6 Å². The number of nitrogens with one attached hydrogen (secondary N) is 1. The minimum atomic E-state index is -0.187. The van der Waals surface area contributed by atoms with Crippen molar-refractivity contribution >= 4 is 23.2 Å². The van der Waals surface area contributed by atoms with E-state index in [9.17, 15) is 4.79 Å². The van der Waals surface area contributed by atoms with Crippen LogP contribution in [0.15, 0.2) is 66.7 Å². The van der Waals surface area contributed by atoms with Crippen LogP contribution in [-0.4, -0.2) is 12.5 Å². The number of hydrogen-bond acceptors (Lipinski definition) is 3. The Morgan fingerprint density at radius 3 is 2.54 bits per heavy atom. The van der Waals surface area contributed by atoms with E-state index in [2.05, 4.69) is 5.32 Å². The van der Waals surface area contributed by atoms with Crippen LogP contribution < -0.4 is 14.8 Å². The molecule has 1 N–H and O–H groups in total. The number of carbonyl (C=O) groups excluding carboxylic acids is 1. The van der Waals surface area contributed by atoms with Crippen molar-refractivity contribution in [3.05, 3.63) is 88.4 Å². The Bertz CT molecular complexity index is 972. The van der Waals surface area contributed by atoms with E-state index in [-0.39, 0.29) is 12.5 Å². The van der Waals surface area contributed by atoms with Crippen LogP contribution in [-0.2, 0) is 6.61 Å². The van der Waals surface area contributed by atoms with Crippen LogP contribution in [0.25, 0.3) is 0 Å². The van der Waals surface area contributed by atoms with Gasteiger partial charge in [-0.3, -0.25) is 4.79 Å². The second-order valence-electron chi connectivity index (χ2n) is 6.30. The molecule has 3 aromatic carbocycles. The van der Waals surface area contributed by atoms with E-state index >= 15 is 0 Å². The number of rotatable bonds is 7. The third kappa shape index (κ3) is 5.05. The Hall–Kier alpha value is -2.98. The number of ether oxygens (including phenoxy) is 2. The molecule has 0 heterocycles. The fraction of sp³-hybridized carbons (Fsp3) is 0.174. The van der Waals surface area contributed by atoms with Crippen molar-refractivity contribution in [3.8, 4) is 11.5 Å². The van der Waals surface area contributed by atoms with Crippen molar-refractivity contribution in [2.45, 2.75) is 20.5 Å². The molecule has 0 aliphatic rings. The second kappa shape index (κ2) is 9.29. The third-order valence-corrected chi connectivity index (χ3v) is 4.43. The van der Waals surface area contributed by atoms with Gasteiger partial charge in [0.15, 0.2) is 0 Å². The van der Waals surface area contributed by atoms with E-state index in [1.807, 2.05) is 50.2 Å². The predicted octanol–water partition coefficient (Wildman–Crippen LogP) is 5.88. The highest BCUT2D eigenvalue weighted by molar-refractivity contribution is 6.32. The minimum Gasteiger partial charge on any atom is -0.493 e. The largest absolute Gasteiger partial charge is 0.493 e. The zero-order valence-corrected chi connectivity index (χ0v) is 16.6. The molecule has 0 aromatic heterocycles. The maximum Gasteiger partial charge on any atom is 0.255 e. The Morgan fingerprint density at radius 2 is 1.79 bits per heavy atom. The van der Waals surface area contributed by atoms with Gasteiger partial charge >= 0.3 is 0 Å². The standard InChI is InChI=1S/C23H22ClNO3/c1-3-27-21-12-11-17(23(26)25-19-8-6-7-16(2)13-19)14-18(21)15-28-22-10-5-4-9-20(22)24/h4-14H,3,15H2,1-2H3,(H,25,26). The molecule has 0 aliphatic carbocycles. The zero-order valence-electron chi connectivity index (χ0n) is 15.9. The lowest BCUT2D eigenvalue weighted by molar-refractivity contribution is 0.102. The van der Waals surface area contributed by atoms with Gasteiger partial charge in [0.2, 0.25) is 0 Å². The van der Waals surface area contributed by atoms with Gasteiger partial charge in [-0.25, -0.2) is 0 Å². The van der Waals surface area contributed by atoms with E-state index in [4.69, 9.17) is 21.1 Å². The highest BCUT2D eigenvalue weighted by atomic mass is 35.5. The second-order valence-corrected chi connectivity index (χ2v) is 6.71. The summed E-state index contributed by atoms with van der Waals surface area (Å²) >= 11 is 6.16. The van der Waals surface area contributed by atoms with Gasteiger partial charge in [-0.2, -0.15) is 0 Å². The summed E-state index contributed by atoms with van der Waals surface area (Å²) in [4.78, 5) is 12.7. The van der Waals surface area contributed by atoms with Gasteiger partial charge in [0, 0.05) is 16.8 Å². The number of halogens is 1. The van der Waals surface area contributed by atoms with Crippen LogP contribution in [0.2, 0.25) is 5.02 Å². The Balaban J connectivity index is 1.80. The number of anilines is 1. The number of benzene rings is 3. The van der Waals surface area contributed by atoms with Crippen LogP contribution >= 0.6 is 11.6 Å². The first-order valence-electron chi connectivity index (χ1n) is 9.08. The monoisotopic (exact) mass is 395 g/mol. The van der Waals surface area contributed by atoms with Crippen LogP contribution in [0.1, 0.15) is 28.4 Å². The van der Waals surface area contributed by atoms with Crippen molar-refractivity contribution in [1.29, 1.82) is 0 Å². The molecule has 0 fully saturated rings. The number of amides is 1. The summed E-state index contributed by atoms with van der Waals surface area (Å²) in [5.74, 6) is 1.08. The van der Waals surface area contributed by atoms with Crippen molar-refractivity contribution in [2.75, 3.05) is 11.9 Å². The van der Waals surface area contributed by atoms with Gasteiger partial charge in [-0.15, -0.1) is 0 Å². The number of hydrogen-bond donors (Lipinski definition) is 1. The first kappa shape index (κ1) is 19.8. The van der Waals surface area contributed by atoms with Crippen molar-refractivity contribution in [3.63, 3.8) is 0 Å². The molecule has 3 aromatic rings. The highest BCUT2D eigenvalue weighted by Crippen LogP contribution is 2.27. The van der Waals surface area contributed by atoms with Crippen LogP contribution in [0.4, 0.5) is 5.69 Å². The maximum atomic E-state index is 12.7. The molecule has 0 saturated heterocycles. The predicted molar refractivity (Wildman–Crippen MR) is 113 cm³/mol. The SMILES string of the molecule is CCOc1ccc(C(=O)Nc2cccc(C)c2)cc1COc1ccccc1Cl. The average molecular weight is 396 g/mol. The lowest BCUT2D eigenvalue weighted by Gasteiger charge is -2.14. The lowest BCUT2D eigenvalue weighted by atomic mass is 10.1. The van der Waals surface area contributed by atoms with Crippen molar-refractivity contribution < 1.29 is 14.3 Å². The molecule has 0 bridgehead atoms. The summed E-state index contributed by atoms with van der Waals surface area (Å²) < 4.78 is 11.5. The molecular weight excluding hydrogens is 374 g/mol. The fourth-order valence-electron chi connectivity index (χ4n) is 2.77. The Kier molecular flexibility index (Phi) is 6.56. The maximum absolute atomic E-state index is 12.7. The number of aryl methyl sites for hydroxylation is 1. The summed E-state index contributed by atoms with van der Waals surface area (Å²) in [6.07, 6.45) is 0. The average Bonchev–Trinajstić information content (AvgIpc) is 2.68. The zero-order chi connectivity index (χ0) is 19.9. The highest BCUT2D eigenvalue weighted by Gasteiger charge is 2.12. The molecule has 0 aliphatic heterocycles. The van der Waals surface area contributed by atoms with Gasteiger partial charge in [0.1, 0.15) is 18.1 Å². The molecule has 0 atom stereocenters. The smallest absolute Gasteiger partial charge is 0.255 e.